The molecule has 1 aliphatic rings. The smallest absolute Gasteiger partial charge is 0.224 e. The standard InChI is InChI=1S/C14H26N2O3S/c1-10-8-12(9-11(2)19-10)18-7-5-14(17)16(3)6-4-13(15)20/h10-12H,4-9H2,1-3H3,(H2,15,20). The first kappa shape index (κ1) is 17.3. The molecule has 0 radical (unpaired) electrons. The summed E-state index contributed by atoms with van der Waals surface area (Å²) >= 11 is 4.80. The van der Waals surface area contributed by atoms with Gasteiger partial charge in [0.2, 0.25) is 5.91 Å². The number of carbonyl (C=O) groups excluding carboxylic acids is 1. The van der Waals surface area contributed by atoms with Gasteiger partial charge < -0.3 is 20.1 Å². The van der Waals surface area contributed by atoms with Gasteiger partial charge in [-0.2, -0.15) is 0 Å². The molecule has 0 spiro atoms. The SMILES string of the molecule is CC1CC(OCCC(=O)N(C)CCC(N)=S)CC(C)O1. The molecule has 1 rings (SSSR count). The van der Waals surface area contributed by atoms with E-state index >= 15 is 0 Å². The summed E-state index contributed by atoms with van der Waals surface area (Å²) in [5.74, 6) is 0.0643. The van der Waals surface area contributed by atoms with Crippen LogP contribution in [0.1, 0.15) is 39.5 Å². The van der Waals surface area contributed by atoms with Gasteiger partial charge in [0.25, 0.3) is 0 Å². The van der Waals surface area contributed by atoms with Crippen LogP contribution in [0.25, 0.3) is 0 Å². The van der Waals surface area contributed by atoms with E-state index in [4.69, 9.17) is 27.4 Å². The quantitative estimate of drug-likeness (QED) is 0.722. The topological polar surface area (TPSA) is 64.8 Å². The molecule has 0 aliphatic carbocycles. The molecule has 1 fully saturated rings. The highest BCUT2D eigenvalue weighted by Gasteiger charge is 2.25. The molecule has 1 heterocycles. The fourth-order valence-corrected chi connectivity index (χ4v) is 2.48. The predicted octanol–water partition coefficient (Wildman–Crippen LogP) is 1.48. The van der Waals surface area contributed by atoms with E-state index in [9.17, 15) is 4.79 Å². The Morgan fingerprint density at radius 2 is 1.95 bits per heavy atom. The van der Waals surface area contributed by atoms with E-state index in [-0.39, 0.29) is 24.2 Å². The van der Waals surface area contributed by atoms with Crippen LogP contribution in [0.5, 0.6) is 0 Å². The number of thiocarbonyl (C=S) groups is 1. The second-order valence-electron chi connectivity index (χ2n) is 5.50. The monoisotopic (exact) mass is 302 g/mol. The summed E-state index contributed by atoms with van der Waals surface area (Å²) in [6.07, 6.45) is 3.41. The van der Waals surface area contributed by atoms with Crippen molar-refractivity contribution in [2.45, 2.75) is 57.8 Å². The molecule has 0 bridgehead atoms. The van der Waals surface area contributed by atoms with Crippen molar-refractivity contribution < 1.29 is 14.3 Å². The average molecular weight is 302 g/mol. The van der Waals surface area contributed by atoms with Crippen LogP contribution in [-0.4, -0.2) is 54.3 Å². The Morgan fingerprint density at radius 3 is 2.50 bits per heavy atom. The molecule has 6 heteroatoms. The number of hydrogen-bond acceptors (Lipinski definition) is 4. The summed E-state index contributed by atoms with van der Waals surface area (Å²) in [6.45, 7) is 5.14. The third-order valence-electron chi connectivity index (χ3n) is 3.44. The molecule has 0 aromatic heterocycles. The van der Waals surface area contributed by atoms with Crippen molar-refractivity contribution in [3.05, 3.63) is 0 Å². The van der Waals surface area contributed by atoms with Crippen LogP contribution in [0.4, 0.5) is 0 Å². The highest BCUT2D eigenvalue weighted by molar-refractivity contribution is 7.80. The van der Waals surface area contributed by atoms with Gasteiger partial charge in [-0.15, -0.1) is 0 Å². The molecule has 0 aromatic carbocycles. The Morgan fingerprint density at radius 1 is 1.35 bits per heavy atom. The molecular formula is C14H26N2O3S. The van der Waals surface area contributed by atoms with Gasteiger partial charge in [-0.3, -0.25) is 4.79 Å². The predicted molar refractivity (Wildman–Crippen MR) is 82.6 cm³/mol. The molecule has 0 aromatic rings. The van der Waals surface area contributed by atoms with Gasteiger partial charge in [-0.25, -0.2) is 0 Å². The number of ether oxygens (including phenoxy) is 2. The molecule has 2 atom stereocenters. The summed E-state index contributed by atoms with van der Waals surface area (Å²) in [5, 5.41) is 0. The lowest BCUT2D eigenvalue weighted by Crippen LogP contribution is -2.35. The first-order valence-corrected chi connectivity index (χ1v) is 7.58. The van der Waals surface area contributed by atoms with Gasteiger partial charge in [-0.05, 0) is 26.7 Å². The highest BCUT2D eigenvalue weighted by atomic mass is 32.1. The van der Waals surface area contributed by atoms with E-state index in [0.717, 1.165) is 12.8 Å². The van der Waals surface area contributed by atoms with Crippen LogP contribution in [0.15, 0.2) is 0 Å². The van der Waals surface area contributed by atoms with Crippen LogP contribution in [0.2, 0.25) is 0 Å². The van der Waals surface area contributed by atoms with Crippen LogP contribution in [0, 0.1) is 0 Å². The van der Waals surface area contributed by atoms with Crippen LogP contribution >= 0.6 is 12.2 Å². The summed E-state index contributed by atoms with van der Waals surface area (Å²) < 4.78 is 11.4. The van der Waals surface area contributed by atoms with E-state index in [1.165, 1.54) is 0 Å². The lowest BCUT2D eigenvalue weighted by Gasteiger charge is -2.32. The molecule has 1 amide bonds. The van der Waals surface area contributed by atoms with E-state index in [0.29, 0.717) is 31.0 Å². The first-order chi connectivity index (χ1) is 9.38. The molecule has 5 nitrogen and oxygen atoms in total. The minimum absolute atomic E-state index is 0.0643. The van der Waals surface area contributed by atoms with E-state index < -0.39 is 0 Å². The van der Waals surface area contributed by atoms with E-state index in [2.05, 4.69) is 13.8 Å². The molecule has 1 aliphatic heterocycles. The number of amides is 1. The Kier molecular flexibility index (Phi) is 7.40. The maximum atomic E-state index is 11.9. The van der Waals surface area contributed by atoms with Crippen LogP contribution in [0.3, 0.4) is 0 Å². The molecule has 20 heavy (non-hydrogen) atoms. The number of hydrogen-bond donors (Lipinski definition) is 1. The maximum Gasteiger partial charge on any atom is 0.224 e. The number of rotatable bonds is 7. The highest BCUT2D eigenvalue weighted by Crippen LogP contribution is 2.21. The maximum absolute atomic E-state index is 11.9. The Labute approximate surface area is 126 Å². The molecule has 1 saturated heterocycles. The zero-order chi connectivity index (χ0) is 15.1. The zero-order valence-electron chi connectivity index (χ0n) is 12.6. The third kappa shape index (κ3) is 6.63. The summed E-state index contributed by atoms with van der Waals surface area (Å²) in [5.41, 5.74) is 5.42. The molecule has 116 valence electrons. The lowest BCUT2D eigenvalue weighted by molar-refractivity contribution is -0.133. The fourth-order valence-electron chi connectivity index (χ4n) is 2.39. The van der Waals surface area contributed by atoms with Crippen molar-refractivity contribution in [3.63, 3.8) is 0 Å². The molecule has 2 N–H and O–H groups in total. The zero-order valence-corrected chi connectivity index (χ0v) is 13.4. The molecule has 0 saturated carbocycles. The normalized spacial score (nSPS) is 26.2. The van der Waals surface area contributed by atoms with Crippen molar-refractivity contribution in [2.24, 2.45) is 5.73 Å². The third-order valence-corrected chi connectivity index (χ3v) is 3.65. The van der Waals surface area contributed by atoms with Crippen LogP contribution < -0.4 is 5.73 Å². The van der Waals surface area contributed by atoms with Crippen molar-refractivity contribution in [2.75, 3.05) is 20.2 Å². The Hall–Kier alpha value is -0.720. The van der Waals surface area contributed by atoms with Gasteiger partial charge in [0.15, 0.2) is 0 Å². The second kappa shape index (κ2) is 8.54. The van der Waals surface area contributed by atoms with E-state index in [1.807, 2.05) is 0 Å². The minimum Gasteiger partial charge on any atom is -0.393 e. The van der Waals surface area contributed by atoms with Gasteiger partial charge in [-0.1, -0.05) is 12.2 Å². The van der Waals surface area contributed by atoms with Gasteiger partial charge in [0, 0.05) is 20.0 Å². The number of nitrogens with zero attached hydrogens (tertiary/aromatic N) is 1. The van der Waals surface area contributed by atoms with Crippen molar-refractivity contribution in [3.8, 4) is 0 Å². The Bertz CT molecular complexity index is 328. The van der Waals surface area contributed by atoms with Crippen molar-refractivity contribution in [1.29, 1.82) is 0 Å². The fraction of sp³-hybridized carbons (Fsp3) is 0.857. The molecular weight excluding hydrogens is 276 g/mol. The number of nitrogens with two attached hydrogens (primary N) is 1. The minimum atomic E-state index is 0.0643. The largest absolute Gasteiger partial charge is 0.393 e. The summed E-state index contributed by atoms with van der Waals surface area (Å²) in [4.78, 5) is 13.9. The Balaban J connectivity index is 2.19. The van der Waals surface area contributed by atoms with E-state index in [1.54, 1.807) is 11.9 Å². The first-order valence-electron chi connectivity index (χ1n) is 7.17. The van der Waals surface area contributed by atoms with Gasteiger partial charge in [0.05, 0.1) is 36.3 Å². The second-order valence-corrected chi connectivity index (χ2v) is 6.03. The van der Waals surface area contributed by atoms with Crippen LogP contribution in [-0.2, 0) is 14.3 Å². The molecule has 2 unspecified atom stereocenters. The lowest BCUT2D eigenvalue weighted by atomic mass is 10.0. The number of carbonyl (C=O) groups is 1. The van der Waals surface area contributed by atoms with Gasteiger partial charge >= 0.3 is 0 Å². The van der Waals surface area contributed by atoms with Crippen molar-refractivity contribution >= 4 is 23.1 Å². The summed E-state index contributed by atoms with van der Waals surface area (Å²) in [6, 6.07) is 0. The summed E-state index contributed by atoms with van der Waals surface area (Å²) in [7, 11) is 1.76. The van der Waals surface area contributed by atoms with Crippen molar-refractivity contribution in [1.82, 2.24) is 4.90 Å². The average Bonchev–Trinajstić information content (AvgIpc) is 2.34. The van der Waals surface area contributed by atoms with Gasteiger partial charge in [0.1, 0.15) is 0 Å².